The highest BCUT2D eigenvalue weighted by Crippen LogP contribution is 2.28. The molecular weight excluding hydrogens is 522 g/mol. The zero-order valence-corrected chi connectivity index (χ0v) is 23.5. The molecule has 0 atom stereocenters. The van der Waals surface area contributed by atoms with Crippen LogP contribution in [0, 0.1) is 11.3 Å². The summed E-state index contributed by atoms with van der Waals surface area (Å²) in [5.41, 5.74) is 1.93. The van der Waals surface area contributed by atoms with Gasteiger partial charge in [0.25, 0.3) is 0 Å². The lowest BCUT2D eigenvalue weighted by molar-refractivity contribution is 0.0529. The number of fused-ring (bicyclic) bond motifs is 1. The number of hydrogen-bond acceptors (Lipinski definition) is 11. The Balaban J connectivity index is 1.56. The van der Waals surface area contributed by atoms with E-state index in [9.17, 15) is 18.5 Å². The molecule has 1 amide bonds. The van der Waals surface area contributed by atoms with Crippen molar-refractivity contribution in [2.45, 2.75) is 51.0 Å². The lowest BCUT2D eigenvalue weighted by atomic mass is 10.1. The molecule has 3 aromatic rings. The van der Waals surface area contributed by atoms with Gasteiger partial charge in [0.2, 0.25) is 11.9 Å². The van der Waals surface area contributed by atoms with Gasteiger partial charge in [0.05, 0.1) is 11.9 Å². The SMILES string of the molecule is CN(CCNC(=O)OC(C)(C)C)c1ccc(Nc2nc(NC3CC3)n3ncc(C#N)c3n2)cc1CS(C)(=O)=O. The number of anilines is 4. The number of hydrogen-bond donors (Lipinski definition) is 3. The standard InChI is InChI=1S/C25H33N9O4S/c1-25(2,3)38-24(35)27-10-11-33(4)20-9-8-19(12-16(20)15-39(5,36)37)29-22-31-21-17(13-26)14-28-34(21)23(32-22)30-18-6-7-18/h8-9,12,14,18H,6-7,10-11,15H2,1-5H3,(H,27,35)(H2,29,30,31,32). The molecule has 14 heteroatoms. The van der Waals surface area contributed by atoms with Crippen LogP contribution in [0.3, 0.4) is 0 Å². The maximum absolute atomic E-state index is 12.2. The van der Waals surface area contributed by atoms with Crippen molar-refractivity contribution in [2.75, 3.05) is 41.9 Å². The number of alkyl carbamates (subject to hydrolysis) is 1. The largest absolute Gasteiger partial charge is 0.444 e. The second kappa shape index (κ2) is 10.9. The number of amides is 1. The van der Waals surface area contributed by atoms with Crippen molar-refractivity contribution < 1.29 is 17.9 Å². The molecule has 1 fully saturated rings. The zero-order chi connectivity index (χ0) is 28.4. The first kappa shape index (κ1) is 27.9. The maximum Gasteiger partial charge on any atom is 0.407 e. The van der Waals surface area contributed by atoms with E-state index >= 15 is 0 Å². The lowest BCUT2D eigenvalue weighted by Crippen LogP contribution is -2.37. The van der Waals surface area contributed by atoms with Crippen molar-refractivity contribution in [1.82, 2.24) is 24.9 Å². The number of rotatable bonds is 10. The highest BCUT2D eigenvalue weighted by molar-refractivity contribution is 7.89. The lowest BCUT2D eigenvalue weighted by Gasteiger charge is -2.24. The van der Waals surface area contributed by atoms with Crippen LogP contribution in [-0.4, -0.2) is 72.1 Å². The molecule has 0 aliphatic heterocycles. The van der Waals surface area contributed by atoms with Crippen LogP contribution < -0.4 is 20.9 Å². The molecule has 2 heterocycles. The second-order valence-electron chi connectivity index (χ2n) is 10.6. The third-order valence-electron chi connectivity index (χ3n) is 5.68. The molecule has 0 radical (unpaired) electrons. The van der Waals surface area contributed by atoms with E-state index in [1.165, 1.54) is 17.0 Å². The van der Waals surface area contributed by atoms with Crippen LogP contribution in [0.4, 0.5) is 28.1 Å². The maximum atomic E-state index is 12.2. The fraction of sp³-hybridized carbons (Fsp3) is 0.480. The van der Waals surface area contributed by atoms with Crippen molar-refractivity contribution in [3.8, 4) is 6.07 Å². The fourth-order valence-corrected chi connectivity index (χ4v) is 4.64. The Morgan fingerprint density at radius 1 is 1.28 bits per heavy atom. The van der Waals surface area contributed by atoms with Crippen LogP contribution in [0.5, 0.6) is 0 Å². The Hall–Kier alpha value is -4.12. The number of nitriles is 1. The average molecular weight is 556 g/mol. The Morgan fingerprint density at radius 3 is 2.67 bits per heavy atom. The number of carbonyl (C=O) groups is 1. The molecule has 13 nitrogen and oxygen atoms in total. The number of ether oxygens (including phenoxy) is 1. The number of nitrogens with zero attached hydrogens (tertiary/aromatic N) is 6. The van der Waals surface area contributed by atoms with Crippen LogP contribution >= 0.6 is 0 Å². The van der Waals surface area contributed by atoms with Crippen molar-refractivity contribution in [3.05, 3.63) is 35.5 Å². The fourth-order valence-electron chi connectivity index (χ4n) is 3.84. The Morgan fingerprint density at radius 2 is 2.03 bits per heavy atom. The molecule has 1 aliphatic carbocycles. The van der Waals surface area contributed by atoms with Crippen molar-refractivity contribution in [3.63, 3.8) is 0 Å². The Labute approximate surface area is 227 Å². The molecule has 208 valence electrons. The summed E-state index contributed by atoms with van der Waals surface area (Å²) >= 11 is 0. The van der Waals surface area contributed by atoms with E-state index in [-0.39, 0.29) is 11.7 Å². The summed E-state index contributed by atoms with van der Waals surface area (Å²) in [6, 6.07) is 7.72. The number of benzene rings is 1. The van der Waals surface area contributed by atoms with Gasteiger partial charge in [-0.3, -0.25) is 0 Å². The van der Waals surface area contributed by atoms with Gasteiger partial charge in [-0.1, -0.05) is 0 Å². The first-order valence-electron chi connectivity index (χ1n) is 12.5. The minimum absolute atomic E-state index is 0.183. The first-order valence-corrected chi connectivity index (χ1v) is 14.6. The summed E-state index contributed by atoms with van der Waals surface area (Å²) in [5.74, 6) is 0.532. The number of likely N-dealkylation sites (N-methyl/N-ethyl adjacent to an activating group) is 1. The van der Waals surface area contributed by atoms with Gasteiger partial charge in [0.1, 0.15) is 17.2 Å². The van der Waals surface area contributed by atoms with Crippen molar-refractivity contribution in [2.24, 2.45) is 0 Å². The Bertz CT molecular complexity index is 1520. The molecule has 0 saturated heterocycles. The minimum Gasteiger partial charge on any atom is -0.444 e. The number of aromatic nitrogens is 4. The van der Waals surface area contributed by atoms with E-state index in [1.54, 1.807) is 39.0 Å². The monoisotopic (exact) mass is 555 g/mol. The van der Waals surface area contributed by atoms with E-state index < -0.39 is 21.5 Å². The van der Waals surface area contributed by atoms with Crippen LogP contribution in [0.1, 0.15) is 44.7 Å². The van der Waals surface area contributed by atoms with Crippen LogP contribution in [0.15, 0.2) is 24.4 Å². The third-order valence-corrected chi connectivity index (χ3v) is 6.51. The number of carbonyl (C=O) groups excluding carboxylic acids is 1. The predicted octanol–water partition coefficient (Wildman–Crippen LogP) is 2.82. The van der Waals surface area contributed by atoms with Gasteiger partial charge >= 0.3 is 6.09 Å². The van der Waals surface area contributed by atoms with Crippen LogP contribution in [0.25, 0.3) is 5.65 Å². The highest BCUT2D eigenvalue weighted by atomic mass is 32.2. The molecule has 39 heavy (non-hydrogen) atoms. The number of sulfone groups is 1. The smallest absolute Gasteiger partial charge is 0.407 e. The average Bonchev–Trinajstić information content (AvgIpc) is 3.53. The van der Waals surface area contributed by atoms with Crippen molar-refractivity contribution >= 4 is 44.8 Å². The van der Waals surface area contributed by atoms with Gasteiger partial charge < -0.3 is 25.6 Å². The van der Waals surface area contributed by atoms with Crippen LogP contribution in [0.2, 0.25) is 0 Å². The molecule has 0 unspecified atom stereocenters. The van der Waals surface area contributed by atoms with Gasteiger partial charge in [-0.25, -0.2) is 13.2 Å². The third kappa shape index (κ3) is 7.70. The molecule has 4 rings (SSSR count). The normalized spacial score (nSPS) is 13.5. The molecule has 1 aliphatic rings. The van der Waals surface area contributed by atoms with Gasteiger partial charge in [0, 0.05) is 43.8 Å². The van der Waals surface area contributed by atoms with Crippen LogP contribution in [-0.2, 0) is 20.3 Å². The topological polar surface area (TPSA) is 167 Å². The summed E-state index contributed by atoms with van der Waals surface area (Å²) in [7, 11) is -1.53. The van der Waals surface area contributed by atoms with E-state index in [2.05, 4.69) is 37.1 Å². The van der Waals surface area contributed by atoms with Gasteiger partial charge in [-0.15, -0.1) is 0 Å². The predicted molar refractivity (Wildman–Crippen MR) is 148 cm³/mol. The minimum atomic E-state index is -3.35. The molecular formula is C25H33N9O4S. The second-order valence-corrected chi connectivity index (χ2v) is 12.7. The summed E-state index contributed by atoms with van der Waals surface area (Å²) in [5, 5.41) is 22.8. The highest BCUT2D eigenvalue weighted by Gasteiger charge is 2.24. The van der Waals surface area contributed by atoms with Gasteiger partial charge in [-0.2, -0.15) is 24.8 Å². The van der Waals surface area contributed by atoms with E-state index in [1.807, 2.05) is 11.9 Å². The zero-order valence-electron chi connectivity index (χ0n) is 22.6. The quantitative estimate of drug-likeness (QED) is 0.336. The Kier molecular flexibility index (Phi) is 7.82. The first-order chi connectivity index (χ1) is 18.3. The molecule has 2 aromatic heterocycles. The van der Waals surface area contributed by atoms with Crippen molar-refractivity contribution in [1.29, 1.82) is 5.26 Å². The van der Waals surface area contributed by atoms with E-state index in [0.29, 0.717) is 53.2 Å². The summed E-state index contributed by atoms with van der Waals surface area (Å²) in [6.45, 7) is 6.10. The van der Waals surface area contributed by atoms with Gasteiger partial charge in [0.15, 0.2) is 15.5 Å². The molecule has 1 aromatic carbocycles. The van der Waals surface area contributed by atoms with E-state index in [0.717, 1.165) is 12.8 Å². The van der Waals surface area contributed by atoms with E-state index in [4.69, 9.17) is 4.74 Å². The van der Waals surface area contributed by atoms with Gasteiger partial charge in [-0.05, 0) is 57.4 Å². The molecule has 0 spiro atoms. The summed E-state index contributed by atoms with van der Waals surface area (Å²) < 4.78 is 31.2. The molecule has 3 N–H and O–H groups in total. The molecule has 1 saturated carbocycles. The summed E-state index contributed by atoms with van der Waals surface area (Å²) in [6.07, 6.45) is 4.15. The summed E-state index contributed by atoms with van der Waals surface area (Å²) in [4.78, 5) is 22.8. The number of nitrogens with one attached hydrogen (secondary N) is 3. The molecule has 0 bridgehead atoms.